The fourth-order valence-electron chi connectivity index (χ4n) is 6.29. The van der Waals surface area contributed by atoms with E-state index in [9.17, 15) is 0 Å². The molecule has 10 aromatic rings. The summed E-state index contributed by atoms with van der Waals surface area (Å²) in [5.41, 5.74) is 7.45. The molecule has 0 amide bonds. The molecule has 8 heteroatoms. The molecule has 0 aliphatic rings. The smallest absolute Gasteiger partial charge is 0.228 e. The lowest BCUT2D eigenvalue weighted by atomic mass is 10.0. The van der Waals surface area contributed by atoms with E-state index in [2.05, 4.69) is 72.8 Å². The van der Waals surface area contributed by atoms with Crippen LogP contribution in [0.25, 0.3) is 97.7 Å². The quantitative estimate of drug-likeness (QED) is 0.182. The highest BCUT2D eigenvalue weighted by molar-refractivity contribution is 7.26. The van der Waals surface area contributed by atoms with Gasteiger partial charge in [-0.25, -0.2) is 24.9 Å². The molecule has 4 aromatic heterocycles. The van der Waals surface area contributed by atoms with E-state index in [-0.39, 0.29) is 0 Å². The van der Waals surface area contributed by atoms with Crippen LogP contribution in [0.1, 0.15) is 0 Å². The molecule has 0 atom stereocenters. The third kappa shape index (κ3) is 4.80. The van der Waals surface area contributed by atoms with Gasteiger partial charge in [-0.15, -0.1) is 22.7 Å². The summed E-state index contributed by atoms with van der Waals surface area (Å²) in [5.74, 6) is 2.47. The second-order valence-electron chi connectivity index (χ2n) is 11.7. The van der Waals surface area contributed by atoms with E-state index >= 15 is 0 Å². The molecule has 0 spiro atoms. The minimum atomic E-state index is 0.614. The Hall–Kier alpha value is -6.09. The van der Waals surface area contributed by atoms with E-state index in [0.717, 1.165) is 69.6 Å². The average molecular weight is 666 g/mol. The number of para-hydroxylation sites is 3. The minimum absolute atomic E-state index is 0.614. The van der Waals surface area contributed by atoms with Crippen LogP contribution in [-0.4, -0.2) is 24.9 Å². The maximum atomic E-state index is 6.21. The maximum absolute atomic E-state index is 6.21. The van der Waals surface area contributed by atoms with Crippen LogP contribution in [0.4, 0.5) is 0 Å². The van der Waals surface area contributed by atoms with Gasteiger partial charge in [0.05, 0.1) is 15.8 Å². The molecule has 6 nitrogen and oxygen atoms in total. The van der Waals surface area contributed by atoms with Crippen molar-refractivity contribution in [3.05, 3.63) is 140 Å². The molecule has 0 bridgehead atoms. The summed E-state index contributed by atoms with van der Waals surface area (Å²) in [5, 5.41) is 3.20. The zero-order valence-corrected chi connectivity index (χ0v) is 27.4. The summed E-state index contributed by atoms with van der Waals surface area (Å²) in [7, 11) is 0. The molecule has 0 radical (unpaired) electrons. The molecule has 0 fully saturated rings. The first-order valence-electron chi connectivity index (χ1n) is 15.8. The molecule has 6 aromatic carbocycles. The maximum Gasteiger partial charge on any atom is 0.228 e. The molecule has 10 rings (SSSR count). The molecule has 0 unspecified atom stereocenters. The first kappa shape index (κ1) is 28.0. The van der Waals surface area contributed by atoms with Crippen LogP contribution in [0.15, 0.2) is 144 Å². The van der Waals surface area contributed by atoms with Crippen molar-refractivity contribution in [1.29, 1.82) is 0 Å². The van der Waals surface area contributed by atoms with Crippen molar-refractivity contribution >= 4 is 64.2 Å². The van der Waals surface area contributed by atoms with Gasteiger partial charge >= 0.3 is 0 Å². The van der Waals surface area contributed by atoms with Crippen LogP contribution in [0, 0.1) is 0 Å². The van der Waals surface area contributed by atoms with Gasteiger partial charge in [0.25, 0.3) is 0 Å². The van der Waals surface area contributed by atoms with Gasteiger partial charge < -0.3 is 4.42 Å². The number of thiophene rings is 1. The lowest BCUT2D eigenvalue weighted by Gasteiger charge is -2.10. The molecule has 0 saturated heterocycles. The number of hydrogen-bond donors (Lipinski definition) is 0. The van der Waals surface area contributed by atoms with Crippen molar-refractivity contribution in [3.63, 3.8) is 0 Å². The highest BCUT2D eigenvalue weighted by Crippen LogP contribution is 2.44. The van der Waals surface area contributed by atoms with Crippen molar-refractivity contribution < 1.29 is 4.42 Å². The van der Waals surface area contributed by atoms with Crippen molar-refractivity contribution in [2.75, 3.05) is 0 Å². The summed E-state index contributed by atoms with van der Waals surface area (Å²) in [6.45, 7) is 0. The van der Waals surface area contributed by atoms with Crippen LogP contribution in [0.5, 0.6) is 0 Å². The van der Waals surface area contributed by atoms with Gasteiger partial charge in [-0.2, -0.15) is 0 Å². The third-order valence-electron chi connectivity index (χ3n) is 8.64. The van der Waals surface area contributed by atoms with Gasteiger partial charge in [0.1, 0.15) is 10.5 Å². The number of thiazole rings is 1. The predicted octanol–water partition coefficient (Wildman–Crippen LogP) is 11.3. The van der Waals surface area contributed by atoms with E-state index in [1.54, 1.807) is 22.7 Å². The molecule has 0 aliphatic heterocycles. The summed E-state index contributed by atoms with van der Waals surface area (Å²) >= 11 is 3.42. The summed E-state index contributed by atoms with van der Waals surface area (Å²) in [6.07, 6.45) is 0. The van der Waals surface area contributed by atoms with Crippen LogP contribution in [-0.2, 0) is 0 Å². The average Bonchev–Trinajstić information content (AvgIpc) is 3.90. The lowest BCUT2D eigenvalue weighted by molar-refractivity contribution is 0.621. The molecular weight excluding hydrogens is 643 g/mol. The Balaban J connectivity index is 1.13. The Kier molecular flexibility index (Phi) is 6.43. The highest BCUT2D eigenvalue weighted by Gasteiger charge is 2.20. The molecule has 230 valence electrons. The highest BCUT2D eigenvalue weighted by atomic mass is 32.1. The summed E-state index contributed by atoms with van der Waals surface area (Å²) in [6, 6.07) is 47.1. The SMILES string of the molecule is c1ccc(-c2nc(-c3ccc(-c4nc5ccccc5s4)cc3)nc(-c3cccc4sc5c(-c6nc7ccccc7o6)cccc5c34)n2)cc1. The molecule has 0 N–H and O–H groups in total. The zero-order chi connectivity index (χ0) is 32.3. The van der Waals surface area contributed by atoms with Crippen molar-refractivity contribution in [2.24, 2.45) is 0 Å². The topological polar surface area (TPSA) is 77.6 Å². The van der Waals surface area contributed by atoms with Crippen molar-refractivity contribution in [2.45, 2.75) is 0 Å². The number of fused-ring (bicyclic) bond motifs is 5. The van der Waals surface area contributed by atoms with Crippen molar-refractivity contribution in [1.82, 2.24) is 24.9 Å². The fourth-order valence-corrected chi connectivity index (χ4v) is 8.49. The monoisotopic (exact) mass is 665 g/mol. The Labute approximate surface area is 288 Å². The number of nitrogens with zero attached hydrogens (tertiary/aromatic N) is 5. The Bertz CT molecular complexity index is 2770. The minimum Gasteiger partial charge on any atom is -0.436 e. The van der Waals surface area contributed by atoms with Crippen LogP contribution < -0.4 is 0 Å². The molecular formula is C41H23N5OS2. The van der Waals surface area contributed by atoms with Crippen molar-refractivity contribution in [3.8, 4) is 56.2 Å². The number of benzene rings is 6. The van der Waals surface area contributed by atoms with Crippen LogP contribution >= 0.6 is 22.7 Å². The fraction of sp³-hybridized carbons (Fsp3) is 0. The summed E-state index contributed by atoms with van der Waals surface area (Å²) in [4.78, 5) is 24.8. The normalized spacial score (nSPS) is 11.7. The Morgan fingerprint density at radius 3 is 1.90 bits per heavy atom. The molecule has 49 heavy (non-hydrogen) atoms. The van der Waals surface area contributed by atoms with Gasteiger partial charge in [-0.1, -0.05) is 103 Å². The lowest BCUT2D eigenvalue weighted by Crippen LogP contribution is -2.00. The second-order valence-corrected chi connectivity index (χ2v) is 13.8. The summed E-state index contributed by atoms with van der Waals surface area (Å²) < 4.78 is 9.64. The Morgan fingerprint density at radius 2 is 1.08 bits per heavy atom. The van der Waals surface area contributed by atoms with E-state index in [0.29, 0.717) is 23.4 Å². The number of hydrogen-bond acceptors (Lipinski definition) is 8. The zero-order valence-electron chi connectivity index (χ0n) is 25.7. The number of rotatable bonds is 5. The first-order valence-corrected chi connectivity index (χ1v) is 17.5. The third-order valence-corrected chi connectivity index (χ3v) is 10.9. The number of aromatic nitrogens is 5. The first-order chi connectivity index (χ1) is 24.2. The van der Waals surface area contributed by atoms with Gasteiger partial charge in [0.15, 0.2) is 23.1 Å². The van der Waals surface area contributed by atoms with Gasteiger partial charge in [0, 0.05) is 42.4 Å². The van der Waals surface area contributed by atoms with Crippen LogP contribution in [0.3, 0.4) is 0 Å². The van der Waals surface area contributed by atoms with Gasteiger partial charge in [-0.05, 0) is 36.4 Å². The Morgan fingerprint density at radius 1 is 0.429 bits per heavy atom. The number of oxazole rings is 1. The van der Waals surface area contributed by atoms with E-state index in [1.807, 2.05) is 66.7 Å². The predicted molar refractivity (Wildman–Crippen MR) is 201 cm³/mol. The van der Waals surface area contributed by atoms with E-state index in [4.69, 9.17) is 29.3 Å². The van der Waals surface area contributed by atoms with E-state index < -0.39 is 0 Å². The second kappa shape index (κ2) is 11.3. The van der Waals surface area contributed by atoms with E-state index in [1.165, 1.54) is 4.70 Å². The van der Waals surface area contributed by atoms with Crippen LogP contribution in [0.2, 0.25) is 0 Å². The van der Waals surface area contributed by atoms with Gasteiger partial charge in [-0.3, -0.25) is 0 Å². The molecule has 0 aliphatic carbocycles. The molecule has 4 heterocycles. The standard InChI is InChI=1S/C41H23N5OS2/c1-2-10-24(11-3-1)37-44-38(25-20-22-26(23-21-25)41-43-31-16-5-7-18-33(31)49-41)46-39(45-37)28-13-9-19-34-35(28)27-12-8-14-29(36(27)48-34)40-42-30-15-4-6-17-32(30)47-40/h1-23H. The largest absolute Gasteiger partial charge is 0.436 e. The van der Waals surface area contributed by atoms with Gasteiger partial charge in [0.2, 0.25) is 5.89 Å². The molecule has 0 saturated carbocycles.